The molecule has 114 valence electrons. The molecule has 0 unspecified atom stereocenters. The molecule has 1 aliphatic rings. The number of rotatable bonds is 2. The van der Waals surface area contributed by atoms with E-state index in [0.29, 0.717) is 13.2 Å². The maximum absolute atomic E-state index is 12.6. The van der Waals surface area contributed by atoms with Crippen LogP contribution in [0.1, 0.15) is 48.7 Å². The molecule has 0 aliphatic carbocycles. The number of hydrogen-bond donors (Lipinski definition) is 1. The minimum atomic E-state index is -1.17. The van der Waals surface area contributed by atoms with E-state index in [1.165, 1.54) is 6.20 Å². The molecule has 1 N–H and O–H groups in total. The molecule has 1 aliphatic heterocycles. The van der Waals surface area contributed by atoms with Gasteiger partial charge in [0, 0.05) is 0 Å². The van der Waals surface area contributed by atoms with Gasteiger partial charge in [0.2, 0.25) is 0 Å². The average molecular weight is 293 g/mol. The van der Waals surface area contributed by atoms with Gasteiger partial charge in [-0.15, -0.1) is 0 Å². The topological polar surface area (TPSA) is 92.6 Å². The van der Waals surface area contributed by atoms with Crippen molar-refractivity contribution in [2.24, 2.45) is 0 Å². The Bertz CT molecular complexity index is 566. The molecule has 1 aromatic heterocycles. The number of carbonyl (C=O) groups is 2. The number of aromatic carboxylic acids is 1. The van der Waals surface area contributed by atoms with Crippen LogP contribution in [0.3, 0.4) is 0 Å². The van der Waals surface area contributed by atoms with E-state index in [4.69, 9.17) is 9.84 Å². The highest BCUT2D eigenvalue weighted by atomic mass is 16.5. The second-order valence-corrected chi connectivity index (χ2v) is 6.34. The minimum absolute atomic E-state index is 0.130. The lowest BCUT2D eigenvalue weighted by atomic mass is 9.95. The van der Waals surface area contributed by atoms with Crippen LogP contribution in [-0.4, -0.2) is 56.1 Å². The maximum atomic E-state index is 12.6. The van der Waals surface area contributed by atoms with E-state index in [0.717, 1.165) is 6.20 Å². The van der Waals surface area contributed by atoms with Crippen molar-refractivity contribution >= 4 is 11.9 Å². The number of carboxylic acids is 1. The van der Waals surface area contributed by atoms with Crippen LogP contribution in [0.2, 0.25) is 0 Å². The molecule has 1 aromatic rings. The average Bonchev–Trinajstić information content (AvgIpc) is 2.41. The molecule has 1 fully saturated rings. The fourth-order valence-electron chi connectivity index (χ4n) is 2.12. The van der Waals surface area contributed by atoms with Crippen LogP contribution in [0.25, 0.3) is 0 Å². The van der Waals surface area contributed by atoms with Gasteiger partial charge >= 0.3 is 5.97 Å². The van der Waals surface area contributed by atoms with Gasteiger partial charge in [-0.05, 0) is 27.7 Å². The molecule has 0 atom stereocenters. The number of carboxylic acid groups (broad SMARTS) is 1. The van der Waals surface area contributed by atoms with Crippen LogP contribution in [0, 0.1) is 0 Å². The molecule has 0 spiro atoms. The third-order valence-corrected chi connectivity index (χ3v) is 3.42. The first-order valence-corrected chi connectivity index (χ1v) is 6.64. The molecular formula is C14H19N3O4. The van der Waals surface area contributed by atoms with Gasteiger partial charge in [-0.3, -0.25) is 4.79 Å². The molecule has 1 saturated heterocycles. The van der Waals surface area contributed by atoms with Crippen LogP contribution in [0.5, 0.6) is 0 Å². The summed E-state index contributed by atoms with van der Waals surface area (Å²) in [5, 5.41) is 8.80. The zero-order valence-electron chi connectivity index (χ0n) is 12.6. The van der Waals surface area contributed by atoms with Gasteiger partial charge in [0.15, 0.2) is 5.69 Å². The van der Waals surface area contributed by atoms with Gasteiger partial charge in [-0.1, -0.05) is 0 Å². The third-order valence-electron chi connectivity index (χ3n) is 3.42. The van der Waals surface area contributed by atoms with Gasteiger partial charge in [0.1, 0.15) is 5.69 Å². The summed E-state index contributed by atoms with van der Waals surface area (Å²) < 4.78 is 5.74. The molecule has 2 rings (SSSR count). The molecule has 1 amide bonds. The van der Waals surface area contributed by atoms with Crippen molar-refractivity contribution in [3.05, 3.63) is 23.8 Å². The third kappa shape index (κ3) is 3.18. The first-order chi connectivity index (χ1) is 9.62. The van der Waals surface area contributed by atoms with E-state index >= 15 is 0 Å². The van der Waals surface area contributed by atoms with Gasteiger partial charge in [0.05, 0.1) is 36.7 Å². The Labute approximate surface area is 123 Å². The SMILES string of the molecule is CC1(C)CN(C(=O)c2cnc(C(=O)O)cn2)C(C)(C)CO1. The van der Waals surface area contributed by atoms with Gasteiger partial charge in [-0.25, -0.2) is 14.8 Å². The lowest BCUT2D eigenvalue weighted by Gasteiger charge is -2.48. The van der Waals surface area contributed by atoms with Crippen LogP contribution in [0.4, 0.5) is 0 Å². The normalized spacial score (nSPS) is 20.1. The minimum Gasteiger partial charge on any atom is -0.476 e. The van der Waals surface area contributed by atoms with Gasteiger partial charge < -0.3 is 14.7 Å². The monoisotopic (exact) mass is 293 g/mol. The predicted octanol–water partition coefficient (Wildman–Crippen LogP) is 1.20. The Kier molecular flexibility index (Phi) is 3.71. The van der Waals surface area contributed by atoms with Crippen molar-refractivity contribution in [2.45, 2.75) is 38.8 Å². The van der Waals surface area contributed by atoms with E-state index in [-0.39, 0.29) is 17.3 Å². The lowest BCUT2D eigenvalue weighted by molar-refractivity contribution is -0.128. The maximum Gasteiger partial charge on any atom is 0.356 e. The molecule has 7 heteroatoms. The second-order valence-electron chi connectivity index (χ2n) is 6.34. The molecule has 0 aromatic carbocycles. The van der Waals surface area contributed by atoms with Crippen molar-refractivity contribution in [3.63, 3.8) is 0 Å². The highest BCUT2D eigenvalue weighted by Gasteiger charge is 2.42. The zero-order valence-corrected chi connectivity index (χ0v) is 12.6. The van der Waals surface area contributed by atoms with Crippen molar-refractivity contribution in [2.75, 3.05) is 13.2 Å². The van der Waals surface area contributed by atoms with Crippen molar-refractivity contribution in [3.8, 4) is 0 Å². The fourth-order valence-corrected chi connectivity index (χ4v) is 2.12. The number of nitrogens with zero attached hydrogens (tertiary/aromatic N) is 3. The van der Waals surface area contributed by atoms with Crippen LogP contribution >= 0.6 is 0 Å². The largest absolute Gasteiger partial charge is 0.476 e. The van der Waals surface area contributed by atoms with Crippen molar-refractivity contribution < 1.29 is 19.4 Å². The number of amides is 1. The quantitative estimate of drug-likeness (QED) is 0.881. The highest BCUT2D eigenvalue weighted by Crippen LogP contribution is 2.28. The predicted molar refractivity (Wildman–Crippen MR) is 74.1 cm³/mol. The fraction of sp³-hybridized carbons (Fsp3) is 0.571. The molecule has 2 heterocycles. The molecule has 0 radical (unpaired) electrons. The Hall–Kier alpha value is -2.02. The Morgan fingerprint density at radius 3 is 2.29 bits per heavy atom. The Morgan fingerprint density at radius 1 is 1.19 bits per heavy atom. The summed E-state index contributed by atoms with van der Waals surface area (Å²) in [6.45, 7) is 8.52. The molecule has 0 saturated carbocycles. The van der Waals surface area contributed by atoms with Crippen LogP contribution in [0.15, 0.2) is 12.4 Å². The first kappa shape index (κ1) is 15.4. The number of carbonyl (C=O) groups excluding carboxylic acids is 1. The zero-order chi connectivity index (χ0) is 15.8. The van der Waals surface area contributed by atoms with Crippen LogP contribution in [-0.2, 0) is 4.74 Å². The molecule has 7 nitrogen and oxygen atoms in total. The second kappa shape index (κ2) is 5.07. The highest BCUT2D eigenvalue weighted by molar-refractivity contribution is 5.93. The number of aromatic nitrogens is 2. The van der Waals surface area contributed by atoms with Gasteiger partial charge in [0.25, 0.3) is 5.91 Å². The summed E-state index contributed by atoms with van der Waals surface area (Å²) >= 11 is 0. The molecule has 21 heavy (non-hydrogen) atoms. The summed E-state index contributed by atoms with van der Waals surface area (Å²) in [5.41, 5.74) is -0.946. The Balaban J connectivity index is 2.26. The van der Waals surface area contributed by atoms with E-state index in [9.17, 15) is 9.59 Å². The lowest BCUT2D eigenvalue weighted by Crippen LogP contribution is -2.61. The smallest absolute Gasteiger partial charge is 0.356 e. The number of hydrogen-bond acceptors (Lipinski definition) is 5. The molecular weight excluding hydrogens is 274 g/mol. The van der Waals surface area contributed by atoms with E-state index < -0.39 is 17.1 Å². The van der Waals surface area contributed by atoms with E-state index in [2.05, 4.69) is 9.97 Å². The standard InChI is InChI=1S/C14H19N3O4/c1-13(2)8-21-14(3,4)7-17(13)11(18)9-5-16-10(6-15-9)12(19)20/h5-6H,7-8H2,1-4H3,(H,19,20). The number of ether oxygens (including phenoxy) is 1. The van der Waals surface area contributed by atoms with E-state index in [1.54, 1.807) is 4.90 Å². The Morgan fingerprint density at radius 2 is 1.76 bits per heavy atom. The summed E-state index contributed by atoms with van der Waals surface area (Å²) in [6, 6.07) is 0. The van der Waals surface area contributed by atoms with Crippen LogP contribution < -0.4 is 0 Å². The summed E-state index contributed by atoms with van der Waals surface area (Å²) in [7, 11) is 0. The molecule has 0 bridgehead atoms. The summed E-state index contributed by atoms with van der Waals surface area (Å²) in [5.74, 6) is -1.45. The summed E-state index contributed by atoms with van der Waals surface area (Å²) in [6.07, 6.45) is 2.29. The summed E-state index contributed by atoms with van der Waals surface area (Å²) in [4.78, 5) is 32.7. The first-order valence-electron chi connectivity index (χ1n) is 6.64. The van der Waals surface area contributed by atoms with Crippen molar-refractivity contribution in [1.29, 1.82) is 0 Å². The van der Waals surface area contributed by atoms with E-state index in [1.807, 2.05) is 27.7 Å². The van der Waals surface area contributed by atoms with Gasteiger partial charge in [-0.2, -0.15) is 0 Å². The number of morpholine rings is 1. The van der Waals surface area contributed by atoms with Crippen molar-refractivity contribution in [1.82, 2.24) is 14.9 Å².